The third-order valence-electron chi connectivity index (χ3n) is 3.14. The van der Waals surface area contributed by atoms with Crippen molar-refractivity contribution >= 4 is 17.3 Å². The largest absolute Gasteiger partial charge is 0.457 e. The third-order valence-corrected chi connectivity index (χ3v) is 3.45. The maximum absolute atomic E-state index is 6.30. The smallest absolute Gasteiger partial charge is 0.135 e. The first kappa shape index (κ1) is 13.5. The lowest BCUT2D eigenvalue weighted by Crippen LogP contribution is -1.90. The highest BCUT2D eigenvalue weighted by molar-refractivity contribution is 6.33. The van der Waals surface area contributed by atoms with Gasteiger partial charge in [0.05, 0.1) is 5.02 Å². The Morgan fingerprint density at radius 1 is 0.762 bits per heavy atom. The zero-order valence-corrected chi connectivity index (χ0v) is 12.0. The lowest BCUT2D eigenvalue weighted by Gasteiger charge is -2.12. The fourth-order valence-electron chi connectivity index (χ4n) is 2.14. The lowest BCUT2D eigenvalue weighted by atomic mass is 10.0. The van der Waals surface area contributed by atoms with E-state index in [0.29, 0.717) is 10.7 Å². The summed E-state index contributed by atoms with van der Waals surface area (Å²) < 4.78 is 5.96. The summed E-state index contributed by atoms with van der Waals surface area (Å²) in [6, 6.07) is 23.0. The molecule has 3 rings (SSSR count). The number of anilines is 1. The Balaban J connectivity index is 2.03. The van der Waals surface area contributed by atoms with Crippen LogP contribution in [0, 0.1) is 0 Å². The highest BCUT2D eigenvalue weighted by Crippen LogP contribution is 2.37. The van der Waals surface area contributed by atoms with Crippen molar-refractivity contribution in [1.29, 1.82) is 0 Å². The molecular formula is C18H14ClNO. The molecule has 0 saturated heterocycles. The van der Waals surface area contributed by atoms with Gasteiger partial charge in [-0.05, 0) is 30.3 Å². The summed E-state index contributed by atoms with van der Waals surface area (Å²) in [6.45, 7) is 0. The second-order valence-corrected chi connectivity index (χ2v) is 5.06. The van der Waals surface area contributed by atoms with E-state index < -0.39 is 0 Å². The molecule has 2 nitrogen and oxygen atoms in total. The normalized spacial score (nSPS) is 10.3. The van der Waals surface area contributed by atoms with E-state index in [4.69, 9.17) is 22.1 Å². The third kappa shape index (κ3) is 3.01. The van der Waals surface area contributed by atoms with Crippen LogP contribution in [0.5, 0.6) is 11.5 Å². The quantitative estimate of drug-likeness (QED) is 0.658. The fourth-order valence-corrected chi connectivity index (χ4v) is 2.43. The number of nitrogen functional groups attached to an aromatic ring is 1. The van der Waals surface area contributed by atoms with Crippen LogP contribution < -0.4 is 10.5 Å². The van der Waals surface area contributed by atoms with Crippen molar-refractivity contribution in [2.45, 2.75) is 0 Å². The average Bonchev–Trinajstić information content (AvgIpc) is 2.49. The molecule has 0 unspecified atom stereocenters. The van der Waals surface area contributed by atoms with Gasteiger partial charge in [0.1, 0.15) is 11.5 Å². The maximum Gasteiger partial charge on any atom is 0.135 e. The maximum atomic E-state index is 6.30. The molecule has 0 heterocycles. The Kier molecular flexibility index (Phi) is 3.80. The van der Waals surface area contributed by atoms with Crippen molar-refractivity contribution < 1.29 is 4.74 Å². The molecule has 21 heavy (non-hydrogen) atoms. The summed E-state index contributed by atoms with van der Waals surface area (Å²) in [5.74, 6) is 1.55. The molecule has 0 fully saturated rings. The molecule has 0 aromatic heterocycles. The van der Waals surface area contributed by atoms with E-state index in [1.165, 1.54) is 0 Å². The molecule has 0 bridgehead atoms. The lowest BCUT2D eigenvalue weighted by molar-refractivity contribution is 0.484. The molecule has 0 amide bonds. The van der Waals surface area contributed by atoms with Gasteiger partial charge in [0.25, 0.3) is 0 Å². The van der Waals surface area contributed by atoms with E-state index in [-0.39, 0.29) is 0 Å². The minimum atomic E-state index is 0.610. The summed E-state index contributed by atoms with van der Waals surface area (Å²) in [5, 5.41) is 0.610. The zero-order valence-electron chi connectivity index (χ0n) is 11.3. The average molecular weight is 296 g/mol. The first-order chi connectivity index (χ1) is 10.2. The van der Waals surface area contributed by atoms with Gasteiger partial charge in [0.2, 0.25) is 0 Å². The molecule has 3 aromatic rings. The van der Waals surface area contributed by atoms with Gasteiger partial charge in [0.15, 0.2) is 0 Å². The predicted octanol–water partition coefficient (Wildman–Crippen LogP) is 5.38. The van der Waals surface area contributed by atoms with Gasteiger partial charge in [-0.3, -0.25) is 0 Å². The highest BCUT2D eigenvalue weighted by Gasteiger charge is 2.10. The molecule has 0 aliphatic heterocycles. The van der Waals surface area contributed by atoms with Crippen LogP contribution in [0.25, 0.3) is 11.1 Å². The second kappa shape index (κ2) is 5.90. The first-order valence-corrected chi connectivity index (χ1v) is 6.99. The van der Waals surface area contributed by atoms with Crippen molar-refractivity contribution in [3.05, 3.63) is 77.8 Å². The van der Waals surface area contributed by atoms with Crippen LogP contribution in [0.1, 0.15) is 0 Å². The van der Waals surface area contributed by atoms with Gasteiger partial charge in [-0.2, -0.15) is 0 Å². The predicted molar refractivity (Wildman–Crippen MR) is 87.8 cm³/mol. The van der Waals surface area contributed by atoms with Crippen molar-refractivity contribution in [2.75, 3.05) is 5.73 Å². The highest BCUT2D eigenvalue weighted by atomic mass is 35.5. The van der Waals surface area contributed by atoms with Crippen molar-refractivity contribution in [2.24, 2.45) is 0 Å². The molecule has 0 aliphatic carbocycles. The Morgan fingerprint density at radius 2 is 1.48 bits per heavy atom. The molecule has 3 heteroatoms. The number of hydrogen-bond acceptors (Lipinski definition) is 2. The Labute approximate surface area is 128 Å². The Hall–Kier alpha value is -2.45. The molecule has 0 aliphatic rings. The number of ether oxygens (including phenoxy) is 1. The number of para-hydroxylation sites is 2. The monoisotopic (exact) mass is 295 g/mol. The summed E-state index contributed by atoms with van der Waals surface area (Å²) >= 11 is 6.30. The number of hydrogen-bond donors (Lipinski definition) is 1. The summed E-state index contributed by atoms with van der Waals surface area (Å²) in [7, 11) is 0. The van der Waals surface area contributed by atoms with Crippen molar-refractivity contribution in [1.82, 2.24) is 0 Å². The van der Waals surface area contributed by atoms with E-state index in [1.54, 1.807) is 6.07 Å². The van der Waals surface area contributed by atoms with E-state index >= 15 is 0 Å². The molecule has 0 saturated carbocycles. The molecule has 0 radical (unpaired) electrons. The Morgan fingerprint density at radius 3 is 2.24 bits per heavy atom. The number of rotatable bonds is 3. The minimum Gasteiger partial charge on any atom is -0.457 e. The number of halogens is 1. The van der Waals surface area contributed by atoms with Gasteiger partial charge in [-0.15, -0.1) is 0 Å². The van der Waals surface area contributed by atoms with Gasteiger partial charge in [0, 0.05) is 16.8 Å². The summed E-state index contributed by atoms with van der Waals surface area (Å²) in [4.78, 5) is 0. The number of nitrogens with two attached hydrogens (primary N) is 1. The van der Waals surface area contributed by atoms with Crippen LogP contribution in [-0.4, -0.2) is 0 Å². The van der Waals surface area contributed by atoms with E-state index in [1.807, 2.05) is 66.7 Å². The van der Waals surface area contributed by atoms with E-state index in [0.717, 1.165) is 22.6 Å². The number of benzene rings is 3. The fraction of sp³-hybridized carbons (Fsp3) is 0. The molecule has 2 N–H and O–H groups in total. The zero-order chi connectivity index (χ0) is 14.7. The standard InChI is InChI=1S/C18H14ClNO/c19-17-12-13(20)10-11-15(17)16-8-4-5-9-18(16)21-14-6-2-1-3-7-14/h1-12H,20H2. The second-order valence-electron chi connectivity index (χ2n) is 4.65. The molecule has 3 aromatic carbocycles. The SMILES string of the molecule is Nc1ccc(-c2ccccc2Oc2ccccc2)c(Cl)c1. The van der Waals surface area contributed by atoms with Crippen LogP contribution in [-0.2, 0) is 0 Å². The van der Waals surface area contributed by atoms with E-state index in [9.17, 15) is 0 Å². The van der Waals surface area contributed by atoms with Gasteiger partial charge >= 0.3 is 0 Å². The van der Waals surface area contributed by atoms with Crippen LogP contribution in [0.3, 0.4) is 0 Å². The van der Waals surface area contributed by atoms with Gasteiger partial charge < -0.3 is 10.5 Å². The summed E-state index contributed by atoms with van der Waals surface area (Å²) in [6.07, 6.45) is 0. The van der Waals surface area contributed by atoms with Crippen LogP contribution >= 0.6 is 11.6 Å². The molecule has 0 spiro atoms. The van der Waals surface area contributed by atoms with Gasteiger partial charge in [-0.25, -0.2) is 0 Å². The molecular weight excluding hydrogens is 282 g/mol. The van der Waals surface area contributed by atoms with Crippen molar-refractivity contribution in [3.8, 4) is 22.6 Å². The van der Waals surface area contributed by atoms with Crippen LogP contribution in [0.15, 0.2) is 72.8 Å². The van der Waals surface area contributed by atoms with Gasteiger partial charge in [-0.1, -0.05) is 54.1 Å². The van der Waals surface area contributed by atoms with E-state index in [2.05, 4.69) is 0 Å². The topological polar surface area (TPSA) is 35.2 Å². The molecule has 104 valence electrons. The summed E-state index contributed by atoms with van der Waals surface area (Å²) in [5.41, 5.74) is 8.23. The minimum absolute atomic E-state index is 0.610. The molecule has 0 atom stereocenters. The Bertz CT molecular complexity index is 756. The first-order valence-electron chi connectivity index (χ1n) is 6.61. The van der Waals surface area contributed by atoms with Crippen LogP contribution in [0.2, 0.25) is 5.02 Å². The van der Waals surface area contributed by atoms with Crippen LogP contribution in [0.4, 0.5) is 5.69 Å². The van der Waals surface area contributed by atoms with Crippen molar-refractivity contribution in [3.63, 3.8) is 0 Å².